The molecule has 0 unspecified atom stereocenters. The molecule has 6 nitrogen and oxygen atoms in total. The molecule has 0 fully saturated rings. The number of aryl methyl sites for hydroxylation is 1. The minimum Gasteiger partial charge on any atom is -0.544 e. The van der Waals surface area contributed by atoms with E-state index in [0.717, 1.165) is 5.56 Å². The van der Waals surface area contributed by atoms with Gasteiger partial charge in [0.1, 0.15) is 12.6 Å². The SMILES string of the molecule is Cc1cccc(NC(=O)C[C@@H]([NH2+]C[C@H](C)O)C(=O)[O-])c1. The van der Waals surface area contributed by atoms with Gasteiger partial charge in [-0.2, -0.15) is 0 Å². The maximum absolute atomic E-state index is 11.8. The van der Waals surface area contributed by atoms with Gasteiger partial charge in [0, 0.05) is 5.69 Å². The lowest BCUT2D eigenvalue weighted by Gasteiger charge is -2.17. The van der Waals surface area contributed by atoms with E-state index >= 15 is 0 Å². The van der Waals surface area contributed by atoms with Crippen molar-refractivity contribution in [1.29, 1.82) is 0 Å². The number of rotatable bonds is 7. The quantitative estimate of drug-likeness (QED) is 0.558. The van der Waals surface area contributed by atoms with Crippen molar-refractivity contribution >= 4 is 17.6 Å². The highest BCUT2D eigenvalue weighted by atomic mass is 16.4. The number of nitrogens with one attached hydrogen (secondary N) is 1. The molecule has 0 radical (unpaired) electrons. The lowest BCUT2D eigenvalue weighted by molar-refractivity contribution is -0.687. The Labute approximate surface area is 117 Å². The van der Waals surface area contributed by atoms with E-state index in [1.165, 1.54) is 5.32 Å². The van der Waals surface area contributed by atoms with Gasteiger partial charge in [0.15, 0.2) is 0 Å². The monoisotopic (exact) mass is 280 g/mol. The van der Waals surface area contributed by atoms with Crippen LogP contribution in [0.25, 0.3) is 0 Å². The molecule has 110 valence electrons. The molecular formula is C14H20N2O4. The zero-order chi connectivity index (χ0) is 15.1. The Kier molecular flexibility index (Phi) is 6.14. The van der Waals surface area contributed by atoms with E-state index in [1.54, 1.807) is 25.1 Å². The minimum atomic E-state index is -1.31. The van der Waals surface area contributed by atoms with Crippen LogP contribution in [0.5, 0.6) is 0 Å². The highest BCUT2D eigenvalue weighted by Crippen LogP contribution is 2.09. The summed E-state index contributed by atoms with van der Waals surface area (Å²) in [6, 6.07) is 6.23. The number of carboxylic acid groups (broad SMARTS) is 1. The largest absolute Gasteiger partial charge is 0.544 e. The number of quaternary nitrogens is 1. The van der Waals surface area contributed by atoms with Gasteiger partial charge in [-0.15, -0.1) is 0 Å². The number of hydrogen-bond donors (Lipinski definition) is 3. The highest BCUT2D eigenvalue weighted by molar-refractivity contribution is 5.93. The summed E-state index contributed by atoms with van der Waals surface area (Å²) in [5, 5.41) is 24.1. The molecule has 0 saturated heterocycles. The van der Waals surface area contributed by atoms with Gasteiger partial charge in [0.25, 0.3) is 0 Å². The molecule has 4 N–H and O–H groups in total. The van der Waals surface area contributed by atoms with Crippen LogP contribution in [0.2, 0.25) is 0 Å². The normalized spacial score (nSPS) is 13.6. The molecule has 1 amide bonds. The van der Waals surface area contributed by atoms with E-state index in [2.05, 4.69) is 5.32 Å². The first kappa shape index (κ1) is 16.1. The van der Waals surface area contributed by atoms with E-state index in [0.29, 0.717) is 5.69 Å². The van der Waals surface area contributed by atoms with Crippen LogP contribution in [0.3, 0.4) is 0 Å². The number of nitrogens with two attached hydrogens (primary N) is 1. The Morgan fingerprint density at radius 3 is 2.70 bits per heavy atom. The summed E-state index contributed by atoms with van der Waals surface area (Å²) < 4.78 is 0. The molecule has 1 aromatic carbocycles. The fraction of sp³-hybridized carbons (Fsp3) is 0.429. The summed E-state index contributed by atoms with van der Waals surface area (Å²) in [6.45, 7) is 3.65. The molecule has 0 spiro atoms. The number of carbonyl (C=O) groups is 2. The molecule has 0 aliphatic heterocycles. The smallest absolute Gasteiger partial charge is 0.230 e. The maximum Gasteiger partial charge on any atom is 0.230 e. The molecule has 0 aliphatic rings. The van der Waals surface area contributed by atoms with Crippen molar-refractivity contribution in [2.45, 2.75) is 32.4 Å². The van der Waals surface area contributed by atoms with Gasteiger partial charge < -0.3 is 25.6 Å². The van der Waals surface area contributed by atoms with E-state index in [4.69, 9.17) is 5.11 Å². The Balaban J connectivity index is 2.55. The van der Waals surface area contributed by atoms with Crippen LogP contribution in [-0.2, 0) is 9.59 Å². The number of carboxylic acids is 1. The number of amides is 1. The second-order valence-corrected chi connectivity index (χ2v) is 4.87. The van der Waals surface area contributed by atoms with Gasteiger partial charge >= 0.3 is 0 Å². The molecule has 0 heterocycles. The van der Waals surface area contributed by atoms with Crippen molar-refractivity contribution in [2.24, 2.45) is 0 Å². The predicted molar refractivity (Wildman–Crippen MR) is 71.7 cm³/mol. The Bertz CT molecular complexity index is 474. The van der Waals surface area contributed by atoms with Crippen molar-refractivity contribution in [2.75, 3.05) is 11.9 Å². The third-order valence-electron chi connectivity index (χ3n) is 2.77. The Morgan fingerprint density at radius 2 is 2.15 bits per heavy atom. The van der Waals surface area contributed by atoms with Crippen LogP contribution in [-0.4, -0.2) is 35.7 Å². The molecule has 1 rings (SSSR count). The number of anilines is 1. The third-order valence-corrected chi connectivity index (χ3v) is 2.77. The van der Waals surface area contributed by atoms with Crippen molar-refractivity contribution < 1.29 is 25.1 Å². The van der Waals surface area contributed by atoms with Crippen molar-refractivity contribution in [3.05, 3.63) is 29.8 Å². The molecule has 0 saturated carbocycles. The van der Waals surface area contributed by atoms with Crippen molar-refractivity contribution in [3.63, 3.8) is 0 Å². The average Bonchev–Trinajstić information content (AvgIpc) is 2.33. The van der Waals surface area contributed by atoms with Gasteiger partial charge in [-0.1, -0.05) is 12.1 Å². The van der Waals surface area contributed by atoms with Crippen LogP contribution < -0.4 is 15.7 Å². The van der Waals surface area contributed by atoms with Crippen molar-refractivity contribution in [3.8, 4) is 0 Å². The van der Waals surface area contributed by atoms with Gasteiger partial charge in [0.05, 0.1) is 18.5 Å². The average molecular weight is 280 g/mol. The summed E-state index contributed by atoms with van der Waals surface area (Å²) in [4.78, 5) is 22.7. The fourth-order valence-electron chi connectivity index (χ4n) is 1.76. The number of aliphatic hydroxyl groups excluding tert-OH is 1. The van der Waals surface area contributed by atoms with Gasteiger partial charge in [-0.25, -0.2) is 0 Å². The molecule has 0 bridgehead atoms. The zero-order valence-corrected chi connectivity index (χ0v) is 11.6. The van der Waals surface area contributed by atoms with Gasteiger partial charge in [-0.3, -0.25) is 4.79 Å². The molecule has 0 aromatic heterocycles. The summed E-state index contributed by atoms with van der Waals surface area (Å²) in [6.07, 6.45) is -0.847. The topological polar surface area (TPSA) is 106 Å². The first-order valence-electron chi connectivity index (χ1n) is 6.47. The molecule has 0 aliphatic carbocycles. The van der Waals surface area contributed by atoms with E-state index in [-0.39, 0.29) is 13.0 Å². The third kappa shape index (κ3) is 5.81. The summed E-state index contributed by atoms with van der Waals surface area (Å²) in [7, 11) is 0. The van der Waals surface area contributed by atoms with Gasteiger partial charge in [0.2, 0.25) is 5.91 Å². The maximum atomic E-state index is 11.8. The van der Waals surface area contributed by atoms with Crippen LogP contribution in [0, 0.1) is 6.92 Å². The fourth-order valence-corrected chi connectivity index (χ4v) is 1.76. The first-order valence-corrected chi connectivity index (χ1v) is 6.47. The molecular weight excluding hydrogens is 260 g/mol. The van der Waals surface area contributed by atoms with E-state index in [9.17, 15) is 14.7 Å². The minimum absolute atomic E-state index is 0.205. The molecule has 6 heteroatoms. The van der Waals surface area contributed by atoms with E-state index in [1.807, 2.05) is 13.0 Å². The van der Waals surface area contributed by atoms with Crippen LogP contribution >= 0.6 is 0 Å². The van der Waals surface area contributed by atoms with Crippen LogP contribution in [0.1, 0.15) is 18.9 Å². The number of carbonyl (C=O) groups excluding carboxylic acids is 2. The standard InChI is InChI=1S/C14H20N2O4/c1-9-4-3-5-11(6-9)16-13(18)7-12(14(19)20)15-8-10(2)17/h3-6,10,12,15,17H,7-8H2,1-2H3,(H,16,18)(H,19,20)/t10-,12+/m0/s1. The zero-order valence-electron chi connectivity index (χ0n) is 11.6. The Morgan fingerprint density at radius 1 is 1.45 bits per heavy atom. The summed E-state index contributed by atoms with van der Waals surface area (Å²) in [5.74, 6) is -1.71. The molecule has 2 atom stereocenters. The summed E-state index contributed by atoms with van der Waals surface area (Å²) in [5.41, 5.74) is 1.63. The van der Waals surface area contributed by atoms with Crippen LogP contribution in [0.15, 0.2) is 24.3 Å². The second kappa shape index (κ2) is 7.62. The number of aliphatic carboxylic acids is 1. The number of benzene rings is 1. The number of hydrogen-bond acceptors (Lipinski definition) is 4. The second-order valence-electron chi connectivity index (χ2n) is 4.87. The predicted octanol–water partition coefficient (Wildman–Crippen LogP) is -1.61. The highest BCUT2D eigenvalue weighted by Gasteiger charge is 2.19. The molecule has 1 aromatic rings. The number of aliphatic hydroxyl groups is 1. The lowest BCUT2D eigenvalue weighted by atomic mass is 10.1. The Hall–Kier alpha value is -1.92. The van der Waals surface area contributed by atoms with E-state index < -0.39 is 24.0 Å². The first-order chi connectivity index (χ1) is 9.38. The van der Waals surface area contributed by atoms with Crippen molar-refractivity contribution in [1.82, 2.24) is 0 Å². The van der Waals surface area contributed by atoms with Crippen LogP contribution in [0.4, 0.5) is 5.69 Å². The summed E-state index contributed by atoms with van der Waals surface area (Å²) >= 11 is 0. The lowest BCUT2D eigenvalue weighted by Crippen LogP contribution is -2.94. The molecule has 20 heavy (non-hydrogen) atoms. The van der Waals surface area contributed by atoms with Gasteiger partial charge in [-0.05, 0) is 31.5 Å².